The fraction of sp³-hybridized carbons (Fsp3) is 0.381. The van der Waals surface area contributed by atoms with Gasteiger partial charge in [0, 0.05) is 45.5 Å². The number of carbonyl (C=O) groups excluding carboxylic acids is 3. The Labute approximate surface area is 225 Å². The summed E-state index contributed by atoms with van der Waals surface area (Å²) in [4.78, 5) is 46.4. The molecular formula is C21H22Br4N4O4. The second-order valence-electron chi connectivity index (χ2n) is 6.85. The van der Waals surface area contributed by atoms with Gasteiger partial charge in [0.05, 0.1) is 35.8 Å². The molecule has 2 rings (SSSR count). The van der Waals surface area contributed by atoms with Gasteiger partial charge in [-0.05, 0) is 24.3 Å². The first-order valence-electron chi connectivity index (χ1n) is 9.72. The Kier molecular flexibility index (Phi) is 11.9. The fourth-order valence-electron chi connectivity index (χ4n) is 2.88. The maximum absolute atomic E-state index is 12.7. The van der Waals surface area contributed by atoms with Crippen molar-refractivity contribution >= 4 is 81.5 Å². The van der Waals surface area contributed by atoms with E-state index >= 15 is 0 Å². The van der Waals surface area contributed by atoms with Gasteiger partial charge in [-0.1, -0.05) is 63.7 Å². The zero-order chi connectivity index (χ0) is 24.4. The van der Waals surface area contributed by atoms with E-state index in [2.05, 4.69) is 84.3 Å². The Hall–Kier alpha value is -1.37. The van der Waals surface area contributed by atoms with Crippen molar-refractivity contribution in [2.45, 2.75) is 21.3 Å². The summed E-state index contributed by atoms with van der Waals surface area (Å²) < 4.78 is 4.85. The van der Waals surface area contributed by atoms with Crippen LogP contribution >= 0.6 is 63.7 Å². The number of rotatable bonds is 11. The third-order valence-electron chi connectivity index (χ3n) is 4.49. The molecule has 0 aliphatic carbocycles. The molecule has 2 amide bonds. The minimum atomic E-state index is -0.760. The van der Waals surface area contributed by atoms with E-state index in [1.54, 1.807) is 24.3 Å². The van der Waals surface area contributed by atoms with Gasteiger partial charge in [-0.25, -0.2) is 0 Å². The van der Waals surface area contributed by atoms with Gasteiger partial charge in [0.15, 0.2) is 0 Å². The molecule has 0 aliphatic heterocycles. The minimum absolute atomic E-state index is 0.00293. The first-order valence-corrected chi connectivity index (χ1v) is 14.2. The third-order valence-corrected chi connectivity index (χ3v) is 6.79. The number of nitrogens with zero attached hydrogens (tertiary/aromatic N) is 2. The molecule has 0 bridgehead atoms. The van der Waals surface area contributed by atoms with Crippen molar-refractivity contribution in [3.63, 3.8) is 0 Å². The average Bonchev–Trinajstić information content (AvgIpc) is 2.86. The number of alkyl halides is 4. The molecule has 2 N–H and O–H groups in total. The van der Waals surface area contributed by atoms with E-state index in [1.807, 2.05) is 0 Å². The summed E-state index contributed by atoms with van der Waals surface area (Å²) in [6.07, 6.45) is 0. The first-order chi connectivity index (χ1) is 15.8. The number of hydrogen-bond acceptors (Lipinski definition) is 6. The van der Waals surface area contributed by atoms with Crippen LogP contribution in [0.15, 0.2) is 24.3 Å². The number of amides is 2. The zero-order valence-electron chi connectivity index (χ0n) is 17.7. The van der Waals surface area contributed by atoms with Crippen molar-refractivity contribution < 1.29 is 19.1 Å². The molecule has 33 heavy (non-hydrogen) atoms. The van der Waals surface area contributed by atoms with E-state index in [-0.39, 0.29) is 24.9 Å². The Balaban J connectivity index is 2.06. The number of esters is 1. The number of halogens is 4. The third kappa shape index (κ3) is 8.41. The molecule has 0 atom stereocenters. The molecule has 8 nitrogen and oxygen atoms in total. The largest absolute Gasteiger partial charge is 0.469 e. The van der Waals surface area contributed by atoms with Crippen LogP contribution in [0.5, 0.6) is 0 Å². The van der Waals surface area contributed by atoms with Crippen molar-refractivity contribution in [1.29, 1.82) is 0 Å². The monoisotopic (exact) mass is 710 g/mol. The standard InChI is InChI=1S/C21H22Br4N4O4/c1-33-21(32)14(10-26-19(30)12-2-15(6-22)28-16(3-12)7-23)11-27-20(31)13-4-17(8-24)29-18(5-13)9-25/h2-5,14H,6-11H2,1H3,(H,26,30)(H,27,31). The van der Waals surface area contributed by atoms with E-state index < -0.39 is 11.9 Å². The van der Waals surface area contributed by atoms with Crippen LogP contribution in [0.25, 0.3) is 0 Å². The minimum Gasteiger partial charge on any atom is -0.469 e. The lowest BCUT2D eigenvalue weighted by Gasteiger charge is -2.17. The second-order valence-corrected chi connectivity index (χ2v) is 9.09. The van der Waals surface area contributed by atoms with Crippen LogP contribution in [-0.4, -0.2) is 48.0 Å². The first kappa shape index (κ1) is 27.9. The molecule has 178 valence electrons. The molecule has 0 fully saturated rings. The highest BCUT2D eigenvalue weighted by molar-refractivity contribution is 9.09. The highest BCUT2D eigenvalue weighted by Crippen LogP contribution is 2.13. The smallest absolute Gasteiger partial charge is 0.312 e. The number of aromatic nitrogens is 2. The van der Waals surface area contributed by atoms with Crippen LogP contribution in [0.4, 0.5) is 0 Å². The summed E-state index contributed by atoms with van der Waals surface area (Å²) >= 11 is 13.4. The molecule has 2 heterocycles. The number of carbonyl (C=O) groups is 3. The van der Waals surface area contributed by atoms with Crippen LogP contribution in [0, 0.1) is 5.92 Å². The van der Waals surface area contributed by atoms with E-state index in [9.17, 15) is 14.4 Å². The predicted octanol–water partition coefficient (Wildman–Crippen LogP) is 4.01. The summed E-state index contributed by atoms with van der Waals surface area (Å²) in [6, 6.07) is 6.71. The molecule has 0 aromatic carbocycles. The van der Waals surface area contributed by atoms with E-state index in [4.69, 9.17) is 4.74 Å². The molecule has 0 saturated heterocycles. The van der Waals surface area contributed by atoms with Gasteiger partial charge in [0.2, 0.25) is 0 Å². The Morgan fingerprint density at radius 2 is 1.09 bits per heavy atom. The highest BCUT2D eigenvalue weighted by atomic mass is 79.9. The molecule has 12 heteroatoms. The number of pyridine rings is 2. The predicted molar refractivity (Wildman–Crippen MR) is 139 cm³/mol. The van der Waals surface area contributed by atoms with Crippen LogP contribution in [0.1, 0.15) is 43.5 Å². The summed E-state index contributed by atoms with van der Waals surface area (Å²) in [7, 11) is 1.26. The Bertz CT molecular complexity index is 890. The maximum Gasteiger partial charge on any atom is 0.312 e. The van der Waals surface area contributed by atoms with Crippen molar-refractivity contribution in [2.75, 3.05) is 20.2 Å². The SMILES string of the molecule is COC(=O)C(CNC(=O)c1cc(CBr)nc(CBr)c1)CNC(=O)c1cc(CBr)nc(CBr)c1. The Morgan fingerprint density at radius 1 is 0.758 bits per heavy atom. The van der Waals surface area contributed by atoms with Gasteiger partial charge < -0.3 is 15.4 Å². The summed E-state index contributed by atoms with van der Waals surface area (Å²) in [5, 5.41) is 7.52. The number of methoxy groups -OCH3 is 1. The molecular weight excluding hydrogens is 692 g/mol. The van der Waals surface area contributed by atoms with Gasteiger partial charge in [0.1, 0.15) is 0 Å². The van der Waals surface area contributed by atoms with Gasteiger partial charge in [-0.3, -0.25) is 24.4 Å². The second kappa shape index (κ2) is 14.1. The number of ether oxygens (including phenoxy) is 1. The lowest BCUT2D eigenvalue weighted by Crippen LogP contribution is -2.41. The topological polar surface area (TPSA) is 110 Å². The summed E-state index contributed by atoms with van der Waals surface area (Å²) in [5.41, 5.74) is 3.74. The molecule has 2 aromatic rings. The van der Waals surface area contributed by atoms with Crippen molar-refractivity contribution in [2.24, 2.45) is 5.92 Å². The number of nitrogens with one attached hydrogen (secondary N) is 2. The number of hydrogen-bond donors (Lipinski definition) is 2. The average molecular weight is 714 g/mol. The van der Waals surface area contributed by atoms with Gasteiger partial charge in [0.25, 0.3) is 11.8 Å². The molecule has 0 spiro atoms. The fourth-order valence-corrected chi connectivity index (χ4v) is 4.03. The lowest BCUT2D eigenvalue weighted by atomic mass is 10.1. The van der Waals surface area contributed by atoms with Crippen LogP contribution < -0.4 is 10.6 Å². The van der Waals surface area contributed by atoms with Crippen LogP contribution in [0.2, 0.25) is 0 Å². The summed E-state index contributed by atoms with van der Waals surface area (Å²) in [6.45, 7) is -0.00586. The van der Waals surface area contributed by atoms with Crippen molar-refractivity contribution in [1.82, 2.24) is 20.6 Å². The van der Waals surface area contributed by atoms with Gasteiger partial charge in [-0.2, -0.15) is 0 Å². The van der Waals surface area contributed by atoms with Crippen molar-refractivity contribution in [3.8, 4) is 0 Å². The van der Waals surface area contributed by atoms with E-state index in [1.165, 1.54) is 7.11 Å². The van der Waals surface area contributed by atoms with E-state index in [0.717, 1.165) is 22.8 Å². The maximum atomic E-state index is 12.7. The van der Waals surface area contributed by atoms with Crippen LogP contribution in [0.3, 0.4) is 0 Å². The molecule has 0 saturated carbocycles. The zero-order valence-corrected chi connectivity index (χ0v) is 24.0. The van der Waals surface area contributed by atoms with Crippen LogP contribution in [-0.2, 0) is 30.9 Å². The molecule has 2 aromatic heterocycles. The van der Waals surface area contributed by atoms with Gasteiger partial charge in [-0.15, -0.1) is 0 Å². The lowest BCUT2D eigenvalue weighted by molar-refractivity contribution is -0.144. The Morgan fingerprint density at radius 3 is 1.36 bits per heavy atom. The highest BCUT2D eigenvalue weighted by Gasteiger charge is 2.22. The van der Waals surface area contributed by atoms with E-state index in [0.29, 0.717) is 32.4 Å². The molecule has 0 aliphatic rings. The van der Waals surface area contributed by atoms with Gasteiger partial charge >= 0.3 is 5.97 Å². The molecule has 0 unspecified atom stereocenters. The van der Waals surface area contributed by atoms with Crippen molar-refractivity contribution in [3.05, 3.63) is 58.2 Å². The summed E-state index contributed by atoms with van der Waals surface area (Å²) in [5.74, 6) is -1.99. The molecule has 0 radical (unpaired) electrons. The normalized spacial score (nSPS) is 10.7. The quantitative estimate of drug-likeness (QED) is 0.269.